The Bertz CT molecular complexity index is 714. The van der Waals surface area contributed by atoms with E-state index in [0.717, 1.165) is 33.8 Å². The smallest absolute Gasteiger partial charge is 0.214 e. The Balaban J connectivity index is 2.23. The topological polar surface area (TPSA) is 64.1 Å². The Morgan fingerprint density at radius 2 is 2.00 bits per heavy atom. The van der Waals surface area contributed by atoms with Crippen LogP contribution in [0, 0.1) is 4.77 Å². The number of ether oxygens (including phenoxy) is 2. The molecular weight excluding hydrogens is 380 g/mol. The molecular formula is C15H21BrN4O2S. The van der Waals surface area contributed by atoms with Gasteiger partial charge >= 0.3 is 0 Å². The van der Waals surface area contributed by atoms with Crippen LogP contribution in [0.15, 0.2) is 16.6 Å². The molecule has 0 saturated heterocycles. The van der Waals surface area contributed by atoms with Gasteiger partial charge in [0.2, 0.25) is 4.77 Å². The molecule has 126 valence electrons. The van der Waals surface area contributed by atoms with Crippen molar-refractivity contribution >= 4 is 28.1 Å². The van der Waals surface area contributed by atoms with E-state index in [-0.39, 0.29) is 0 Å². The second kappa shape index (κ2) is 8.35. The highest BCUT2D eigenvalue weighted by Crippen LogP contribution is 2.37. The van der Waals surface area contributed by atoms with E-state index in [1.807, 2.05) is 32.9 Å². The largest absolute Gasteiger partial charge is 0.490 e. The number of nitrogens with one attached hydrogen (secondary N) is 2. The minimum absolute atomic E-state index is 0.553. The van der Waals surface area contributed by atoms with E-state index < -0.39 is 0 Å². The molecule has 1 aromatic heterocycles. The van der Waals surface area contributed by atoms with E-state index in [1.54, 1.807) is 4.68 Å². The summed E-state index contributed by atoms with van der Waals surface area (Å²) in [5.41, 5.74) is 4.33. The summed E-state index contributed by atoms with van der Waals surface area (Å²) >= 11 is 8.78. The van der Waals surface area contributed by atoms with Crippen LogP contribution in [0.3, 0.4) is 0 Å². The van der Waals surface area contributed by atoms with Crippen molar-refractivity contribution in [3.05, 3.63) is 32.8 Å². The third kappa shape index (κ3) is 4.26. The summed E-state index contributed by atoms with van der Waals surface area (Å²) < 4.78 is 14.6. The van der Waals surface area contributed by atoms with E-state index in [4.69, 9.17) is 21.7 Å². The molecule has 0 saturated carbocycles. The Morgan fingerprint density at radius 1 is 1.26 bits per heavy atom. The fourth-order valence-corrected chi connectivity index (χ4v) is 2.99. The van der Waals surface area contributed by atoms with E-state index in [2.05, 4.69) is 31.6 Å². The summed E-state index contributed by atoms with van der Waals surface area (Å²) in [4.78, 5) is 0. The third-order valence-corrected chi connectivity index (χ3v) is 4.02. The van der Waals surface area contributed by atoms with E-state index in [0.29, 0.717) is 24.5 Å². The van der Waals surface area contributed by atoms with Gasteiger partial charge < -0.3 is 14.9 Å². The fraction of sp³-hybridized carbons (Fsp3) is 0.467. The second-order valence-corrected chi connectivity index (χ2v) is 5.98. The van der Waals surface area contributed by atoms with Crippen molar-refractivity contribution in [2.75, 3.05) is 18.6 Å². The summed E-state index contributed by atoms with van der Waals surface area (Å²) in [5.74, 6) is 2.32. The summed E-state index contributed by atoms with van der Waals surface area (Å²) in [5, 5.41) is 6.97. The number of H-pyrrole nitrogens is 1. The van der Waals surface area contributed by atoms with Crippen LogP contribution in [0.2, 0.25) is 0 Å². The van der Waals surface area contributed by atoms with Crippen LogP contribution in [0.1, 0.15) is 32.2 Å². The van der Waals surface area contributed by atoms with Crippen molar-refractivity contribution in [2.24, 2.45) is 0 Å². The average Bonchev–Trinajstić information content (AvgIpc) is 2.89. The highest BCUT2D eigenvalue weighted by atomic mass is 79.9. The molecule has 6 nitrogen and oxygen atoms in total. The van der Waals surface area contributed by atoms with Gasteiger partial charge in [-0.25, -0.2) is 4.68 Å². The molecule has 0 amide bonds. The van der Waals surface area contributed by atoms with E-state index in [1.165, 1.54) is 0 Å². The first kappa shape index (κ1) is 17.8. The van der Waals surface area contributed by atoms with Gasteiger partial charge in [0, 0.05) is 6.42 Å². The standard InChI is InChI=1S/C15H21BrN4O2S/c1-4-13-18-19-15(23)20(13)17-9-10-7-11(16)14(22-6-3)12(8-10)21-5-2/h7-8,17H,4-6,9H2,1-3H3,(H,19,23). The molecule has 2 N–H and O–H groups in total. The highest BCUT2D eigenvalue weighted by Gasteiger charge is 2.12. The molecule has 1 aromatic carbocycles. The summed E-state index contributed by atoms with van der Waals surface area (Å²) in [6, 6.07) is 3.98. The van der Waals surface area contributed by atoms with Gasteiger partial charge in [-0.3, -0.25) is 5.10 Å². The van der Waals surface area contributed by atoms with Crippen LogP contribution in [-0.2, 0) is 13.0 Å². The number of halogens is 1. The molecule has 0 fully saturated rings. The molecule has 0 atom stereocenters. The number of benzene rings is 1. The monoisotopic (exact) mass is 400 g/mol. The van der Waals surface area contributed by atoms with Gasteiger partial charge in [0.15, 0.2) is 17.3 Å². The zero-order valence-electron chi connectivity index (χ0n) is 13.5. The van der Waals surface area contributed by atoms with Gasteiger partial charge in [0.05, 0.1) is 24.2 Å². The molecule has 2 aromatic rings. The van der Waals surface area contributed by atoms with Crippen LogP contribution >= 0.6 is 28.1 Å². The molecule has 0 bridgehead atoms. The second-order valence-electron chi connectivity index (χ2n) is 4.74. The quantitative estimate of drug-likeness (QED) is 0.659. The lowest BCUT2D eigenvalue weighted by atomic mass is 10.2. The van der Waals surface area contributed by atoms with Crippen LogP contribution in [-0.4, -0.2) is 28.1 Å². The predicted octanol–water partition coefficient (Wildman–Crippen LogP) is 3.81. The summed E-state index contributed by atoms with van der Waals surface area (Å²) in [6.07, 6.45) is 0.789. The van der Waals surface area contributed by atoms with Crippen molar-refractivity contribution < 1.29 is 9.47 Å². The third-order valence-electron chi connectivity index (χ3n) is 3.16. The molecule has 0 radical (unpaired) electrons. The van der Waals surface area contributed by atoms with Gasteiger partial charge in [0.25, 0.3) is 0 Å². The van der Waals surface area contributed by atoms with Crippen LogP contribution in [0.25, 0.3) is 0 Å². The fourth-order valence-electron chi connectivity index (χ4n) is 2.17. The molecule has 23 heavy (non-hydrogen) atoms. The van der Waals surface area contributed by atoms with Crippen molar-refractivity contribution in [3.63, 3.8) is 0 Å². The minimum Gasteiger partial charge on any atom is -0.490 e. The first-order valence-electron chi connectivity index (χ1n) is 7.58. The Hall–Kier alpha value is -1.54. The van der Waals surface area contributed by atoms with Crippen molar-refractivity contribution in [1.29, 1.82) is 0 Å². The molecule has 1 heterocycles. The Morgan fingerprint density at radius 3 is 2.65 bits per heavy atom. The first-order valence-corrected chi connectivity index (χ1v) is 8.78. The minimum atomic E-state index is 0.553. The molecule has 0 aliphatic carbocycles. The van der Waals surface area contributed by atoms with Crippen molar-refractivity contribution in [1.82, 2.24) is 14.9 Å². The van der Waals surface area contributed by atoms with Crippen LogP contribution in [0.5, 0.6) is 11.5 Å². The van der Waals surface area contributed by atoms with Gasteiger partial charge in [-0.05, 0) is 59.7 Å². The highest BCUT2D eigenvalue weighted by molar-refractivity contribution is 9.10. The number of rotatable bonds is 8. The van der Waals surface area contributed by atoms with Gasteiger partial charge in [-0.2, -0.15) is 5.10 Å². The first-order chi connectivity index (χ1) is 11.1. The van der Waals surface area contributed by atoms with Crippen LogP contribution < -0.4 is 14.9 Å². The Labute approximate surface area is 149 Å². The summed E-state index contributed by atoms with van der Waals surface area (Å²) in [7, 11) is 0. The Kier molecular flexibility index (Phi) is 6.47. The lowest BCUT2D eigenvalue weighted by Gasteiger charge is -2.15. The molecule has 0 aliphatic rings. The summed E-state index contributed by atoms with van der Waals surface area (Å²) in [6.45, 7) is 7.68. The van der Waals surface area contributed by atoms with Crippen molar-refractivity contribution in [2.45, 2.75) is 33.7 Å². The maximum Gasteiger partial charge on any atom is 0.214 e. The zero-order chi connectivity index (χ0) is 16.8. The number of hydrogen-bond donors (Lipinski definition) is 2. The lowest BCUT2D eigenvalue weighted by molar-refractivity contribution is 0.286. The SMILES string of the molecule is CCOc1cc(CNn2c(CC)n[nH]c2=S)cc(Br)c1OCC. The molecule has 0 unspecified atom stereocenters. The maximum absolute atomic E-state index is 5.69. The molecule has 2 rings (SSSR count). The van der Waals surface area contributed by atoms with E-state index in [9.17, 15) is 0 Å². The lowest BCUT2D eigenvalue weighted by Crippen LogP contribution is -2.17. The molecule has 0 spiro atoms. The van der Waals surface area contributed by atoms with Crippen LogP contribution in [0.4, 0.5) is 0 Å². The maximum atomic E-state index is 5.69. The van der Waals surface area contributed by atoms with Crippen molar-refractivity contribution in [3.8, 4) is 11.5 Å². The normalized spacial score (nSPS) is 10.6. The molecule has 0 aliphatic heterocycles. The number of aromatic amines is 1. The predicted molar refractivity (Wildman–Crippen MR) is 96.3 cm³/mol. The number of hydrogen-bond acceptors (Lipinski definition) is 5. The van der Waals surface area contributed by atoms with Gasteiger partial charge in [-0.15, -0.1) is 0 Å². The molecule has 8 heteroatoms. The van der Waals surface area contributed by atoms with Gasteiger partial charge in [-0.1, -0.05) is 6.92 Å². The number of aryl methyl sites for hydroxylation is 1. The number of aromatic nitrogens is 3. The average molecular weight is 401 g/mol. The zero-order valence-corrected chi connectivity index (χ0v) is 15.9. The van der Waals surface area contributed by atoms with Gasteiger partial charge in [0.1, 0.15) is 0 Å². The number of nitrogens with zero attached hydrogens (tertiary/aromatic N) is 2. The van der Waals surface area contributed by atoms with E-state index >= 15 is 0 Å².